The number of nitro benzene ring substituents is 1. The van der Waals surface area contributed by atoms with Gasteiger partial charge in [0.15, 0.2) is 0 Å². The highest BCUT2D eigenvalue weighted by molar-refractivity contribution is 6.14. The van der Waals surface area contributed by atoms with E-state index in [0.717, 1.165) is 27.4 Å². The molecule has 0 fully saturated rings. The standard InChI is InChI=1S/C18H12N2O2/c21-20(22)17-11-4-2-6-12(17)13-8-5-10-16-18(13)14-7-1-3-9-15(14)19-16/h1-11,19H. The number of para-hydroxylation sites is 2. The van der Waals surface area contributed by atoms with Gasteiger partial charge in [0.2, 0.25) is 0 Å². The lowest BCUT2D eigenvalue weighted by Gasteiger charge is -2.05. The number of benzene rings is 3. The van der Waals surface area contributed by atoms with Gasteiger partial charge in [0, 0.05) is 27.9 Å². The fourth-order valence-electron chi connectivity index (χ4n) is 2.99. The van der Waals surface area contributed by atoms with Crippen molar-refractivity contribution in [2.24, 2.45) is 0 Å². The predicted molar refractivity (Wildman–Crippen MR) is 87.9 cm³/mol. The topological polar surface area (TPSA) is 58.9 Å². The molecule has 22 heavy (non-hydrogen) atoms. The molecule has 0 aliphatic rings. The Morgan fingerprint density at radius 3 is 2.32 bits per heavy atom. The van der Waals surface area contributed by atoms with Crippen LogP contribution in [0.1, 0.15) is 0 Å². The van der Waals surface area contributed by atoms with E-state index < -0.39 is 0 Å². The number of nitrogens with one attached hydrogen (secondary N) is 1. The normalized spacial score (nSPS) is 11.1. The summed E-state index contributed by atoms with van der Waals surface area (Å²) in [6.07, 6.45) is 0. The molecule has 4 heteroatoms. The number of aromatic nitrogens is 1. The van der Waals surface area contributed by atoms with Gasteiger partial charge < -0.3 is 4.98 Å². The highest BCUT2D eigenvalue weighted by Gasteiger charge is 2.17. The molecule has 0 aliphatic heterocycles. The summed E-state index contributed by atoms with van der Waals surface area (Å²) in [7, 11) is 0. The first-order valence-electron chi connectivity index (χ1n) is 6.99. The van der Waals surface area contributed by atoms with Crippen molar-refractivity contribution in [3.8, 4) is 11.1 Å². The molecule has 4 nitrogen and oxygen atoms in total. The van der Waals surface area contributed by atoms with Crippen LogP contribution in [0.4, 0.5) is 5.69 Å². The molecule has 0 aliphatic carbocycles. The number of H-pyrrole nitrogens is 1. The van der Waals surface area contributed by atoms with Gasteiger partial charge in [-0.1, -0.05) is 42.5 Å². The number of nitro groups is 1. The molecular weight excluding hydrogens is 276 g/mol. The lowest BCUT2D eigenvalue weighted by Crippen LogP contribution is -1.91. The van der Waals surface area contributed by atoms with Crippen LogP contribution in [0, 0.1) is 10.1 Å². The number of fused-ring (bicyclic) bond motifs is 3. The van der Waals surface area contributed by atoms with Gasteiger partial charge in [-0.25, -0.2) is 0 Å². The van der Waals surface area contributed by atoms with E-state index in [1.807, 2.05) is 48.5 Å². The zero-order valence-electron chi connectivity index (χ0n) is 11.6. The maximum absolute atomic E-state index is 11.3. The van der Waals surface area contributed by atoms with E-state index in [4.69, 9.17) is 0 Å². The van der Waals surface area contributed by atoms with Crippen molar-refractivity contribution in [3.05, 3.63) is 76.8 Å². The second kappa shape index (κ2) is 4.70. The van der Waals surface area contributed by atoms with E-state index in [1.165, 1.54) is 0 Å². The van der Waals surface area contributed by atoms with Gasteiger partial charge >= 0.3 is 0 Å². The molecule has 106 valence electrons. The van der Waals surface area contributed by atoms with E-state index in [1.54, 1.807) is 18.2 Å². The first-order valence-corrected chi connectivity index (χ1v) is 6.99. The van der Waals surface area contributed by atoms with Crippen molar-refractivity contribution in [2.75, 3.05) is 0 Å². The smallest absolute Gasteiger partial charge is 0.277 e. The Bertz CT molecular complexity index is 1020. The van der Waals surface area contributed by atoms with Crippen molar-refractivity contribution < 1.29 is 4.92 Å². The van der Waals surface area contributed by atoms with Gasteiger partial charge in [-0.15, -0.1) is 0 Å². The van der Waals surface area contributed by atoms with Gasteiger partial charge in [-0.05, 0) is 23.8 Å². The van der Waals surface area contributed by atoms with Crippen LogP contribution in [0.15, 0.2) is 66.7 Å². The minimum atomic E-state index is -0.330. The monoisotopic (exact) mass is 288 g/mol. The van der Waals surface area contributed by atoms with Crippen molar-refractivity contribution in [1.29, 1.82) is 0 Å². The van der Waals surface area contributed by atoms with Crippen molar-refractivity contribution in [2.45, 2.75) is 0 Å². The summed E-state index contributed by atoms with van der Waals surface area (Å²) in [5.41, 5.74) is 3.66. The third kappa shape index (κ3) is 1.78. The zero-order chi connectivity index (χ0) is 15.1. The Labute approximate surface area is 126 Å². The molecule has 0 bridgehead atoms. The SMILES string of the molecule is O=[N+]([O-])c1ccccc1-c1cccc2[nH]c3ccccc3c12. The molecule has 0 saturated carbocycles. The van der Waals surface area contributed by atoms with Crippen molar-refractivity contribution in [3.63, 3.8) is 0 Å². The molecule has 4 rings (SSSR count). The molecule has 0 spiro atoms. The highest BCUT2D eigenvalue weighted by Crippen LogP contribution is 2.38. The van der Waals surface area contributed by atoms with Crippen LogP contribution >= 0.6 is 0 Å². The second-order valence-electron chi connectivity index (χ2n) is 5.17. The molecule has 4 aromatic rings. The summed E-state index contributed by atoms with van der Waals surface area (Å²) in [4.78, 5) is 14.4. The maximum atomic E-state index is 11.3. The minimum Gasteiger partial charge on any atom is -0.354 e. The summed E-state index contributed by atoms with van der Waals surface area (Å²) >= 11 is 0. The summed E-state index contributed by atoms with van der Waals surface area (Å²) in [5.74, 6) is 0. The lowest BCUT2D eigenvalue weighted by atomic mass is 9.98. The zero-order valence-corrected chi connectivity index (χ0v) is 11.6. The maximum Gasteiger partial charge on any atom is 0.277 e. The molecule has 1 heterocycles. The molecule has 0 radical (unpaired) electrons. The van der Waals surface area contributed by atoms with Gasteiger partial charge in [0.1, 0.15) is 0 Å². The van der Waals surface area contributed by atoms with E-state index in [2.05, 4.69) is 4.98 Å². The Balaban J connectivity index is 2.14. The van der Waals surface area contributed by atoms with Crippen LogP contribution in [-0.2, 0) is 0 Å². The third-order valence-corrected chi connectivity index (χ3v) is 3.92. The summed E-state index contributed by atoms with van der Waals surface area (Å²) in [6.45, 7) is 0. The Morgan fingerprint density at radius 2 is 1.45 bits per heavy atom. The number of rotatable bonds is 2. The summed E-state index contributed by atoms with van der Waals surface area (Å²) in [6, 6.07) is 20.7. The molecule has 1 N–H and O–H groups in total. The Hall–Kier alpha value is -3.14. The molecule has 1 aromatic heterocycles. The van der Waals surface area contributed by atoms with Crippen LogP contribution in [0.3, 0.4) is 0 Å². The van der Waals surface area contributed by atoms with Crippen LogP contribution in [0.2, 0.25) is 0 Å². The number of hydrogen-bond donors (Lipinski definition) is 1. The van der Waals surface area contributed by atoms with Crippen molar-refractivity contribution >= 4 is 27.5 Å². The number of hydrogen-bond acceptors (Lipinski definition) is 2. The first-order chi connectivity index (χ1) is 10.8. The minimum absolute atomic E-state index is 0.125. The average molecular weight is 288 g/mol. The van der Waals surface area contributed by atoms with Gasteiger partial charge in [0.25, 0.3) is 5.69 Å². The summed E-state index contributed by atoms with van der Waals surface area (Å²) in [5, 5.41) is 13.4. The summed E-state index contributed by atoms with van der Waals surface area (Å²) < 4.78 is 0. The van der Waals surface area contributed by atoms with E-state index >= 15 is 0 Å². The van der Waals surface area contributed by atoms with Crippen molar-refractivity contribution in [1.82, 2.24) is 4.98 Å². The quantitative estimate of drug-likeness (QED) is 0.421. The molecule has 0 unspecified atom stereocenters. The van der Waals surface area contributed by atoms with Gasteiger partial charge in [-0.2, -0.15) is 0 Å². The molecule has 0 saturated heterocycles. The number of aromatic amines is 1. The Morgan fingerprint density at radius 1 is 0.773 bits per heavy atom. The van der Waals surface area contributed by atoms with E-state index in [0.29, 0.717) is 5.56 Å². The van der Waals surface area contributed by atoms with Crippen LogP contribution in [-0.4, -0.2) is 9.91 Å². The van der Waals surface area contributed by atoms with Gasteiger partial charge in [-0.3, -0.25) is 10.1 Å². The van der Waals surface area contributed by atoms with Crippen LogP contribution in [0.25, 0.3) is 32.9 Å². The fraction of sp³-hybridized carbons (Fsp3) is 0. The average Bonchev–Trinajstić information content (AvgIpc) is 2.93. The second-order valence-corrected chi connectivity index (χ2v) is 5.17. The highest BCUT2D eigenvalue weighted by atomic mass is 16.6. The molecular formula is C18H12N2O2. The lowest BCUT2D eigenvalue weighted by molar-refractivity contribution is -0.384. The molecule has 3 aromatic carbocycles. The first kappa shape index (κ1) is 12.6. The largest absolute Gasteiger partial charge is 0.354 e. The Kier molecular flexibility index (Phi) is 2.69. The fourth-order valence-corrected chi connectivity index (χ4v) is 2.99. The molecule has 0 atom stereocenters. The van der Waals surface area contributed by atoms with Gasteiger partial charge in [0.05, 0.1) is 10.5 Å². The molecule has 0 amide bonds. The van der Waals surface area contributed by atoms with Crippen LogP contribution < -0.4 is 0 Å². The van der Waals surface area contributed by atoms with Crippen LogP contribution in [0.5, 0.6) is 0 Å². The predicted octanol–water partition coefficient (Wildman–Crippen LogP) is 4.90. The third-order valence-electron chi connectivity index (χ3n) is 3.92. The van der Waals surface area contributed by atoms with E-state index in [-0.39, 0.29) is 10.6 Å². The number of nitrogens with zero attached hydrogens (tertiary/aromatic N) is 1. The van der Waals surface area contributed by atoms with E-state index in [9.17, 15) is 10.1 Å².